The lowest BCUT2D eigenvalue weighted by atomic mass is 10.1. The number of piperidine rings is 1. The molecule has 1 aromatic heterocycles. The normalized spacial score (nSPS) is 14.5. The molecule has 1 aliphatic rings. The number of terminal acetylenes is 1. The second-order valence-electron chi connectivity index (χ2n) is 6.39. The van der Waals surface area contributed by atoms with Gasteiger partial charge in [-0.3, -0.25) is 10.00 Å². The number of nitrogens with one attached hydrogen (secondary N) is 1. The number of aromatic nitrogens is 2. The molecule has 0 saturated carbocycles. The first-order valence-corrected chi connectivity index (χ1v) is 8.71. The Balaban J connectivity index is 0.000000157. The van der Waals surface area contributed by atoms with Crippen molar-refractivity contribution in [2.75, 3.05) is 18.8 Å². The second kappa shape index (κ2) is 8.36. The number of H-pyrrole nitrogens is 1. The number of nitrogens with two attached hydrogens (primary N) is 1. The zero-order valence-corrected chi connectivity index (χ0v) is 14.4. The molecule has 128 valence electrons. The summed E-state index contributed by atoms with van der Waals surface area (Å²) in [5, 5.41) is 7.76. The van der Waals surface area contributed by atoms with Crippen molar-refractivity contribution in [3.05, 3.63) is 59.8 Å². The van der Waals surface area contributed by atoms with E-state index in [2.05, 4.69) is 33.2 Å². The third kappa shape index (κ3) is 4.85. The van der Waals surface area contributed by atoms with Crippen LogP contribution < -0.4 is 5.73 Å². The summed E-state index contributed by atoms with van der Waals surface area (Å²) in [7, 11) is 0. The van der Waals surface area contributed by atoms with E-state index in [1.165, 1.54) is 37.9 Å². The standard InChI is InChI=1S/C14H17N.C7H7N3/c1-2-13-6-8-14(9-7-13)12-15-10-4-3-5-11-15;8-6-1-2-7-5(3-6)4-9-10-7/h1,6-9H,3-5,10-12H2;1-4H,8H2,(H,9,10). The van der Waals surface area contributed by atoms with Gasteiger partial charge < -0.3 is 5.73 Å². The van der Waals surface area contributed by atoms with Crippen LogP contribution in [0.15, 0.2) is 48.7 Å². The average molecular weight is 332 g/mol. The van der Waals surface area contributed by atoms with Crippen molar-refractivity contribution in [2.45, 2.75) is 25.8 Å². The molecule has 1 fully saturated rings. The Hall–Kier alpha value is -2.77. The van der Waals surface area contributed by atoms with Crippen LogP contribution in [-0.2, 0) is 6.54 Å². The molecule has 4 rings (SSSR count). The predicted molar refractivity (Wildman–Crippen MR) is 104 cm³/mol. The minimum Gasteiger partial charge on any atom is -0.399 e. The molecule has 1 saturated heterocycles. The Morgan fingerprint density at radius 3 is 2.56 bits per heavy atom. The first kappa shape index (κ1) is 17.1. The summed E-state index contributed by atoms with van der Waals surface area (Å²) in [5.41, 5.74) is 9.68. The Labute approximate surface area is 149 Å². The minimum absolute atomic E-state index is 0.772. The van der Waals surface area contributed by atoms with Gasteiger partial charge in [-0.2, -0.15) is 5.10 Å². The fraction of sp³-hybridized carbons (Fsp3) is 0.286. The summed E-state index contributed by atoms with van der Waals surface area (Å²) in [6.45, 7) is 3.57. The van der Waals surface area contributed by atoms with Crippen LogP contribution >= 0.6 is 0 Å². The van der Waals surface area contributed by atoms with Gasteiger partial charge in [-0.25, -0.2) is 0 Å². The first-order chi connectivity index (χ1) is 12.2. The quantitative estimate of drug-likeness (QED) is 0.554. The van der Waals surface area contributed by atoms with Crippen molar-refractivity contribution in [1.29, 1.82) is 0 Å². The van der Waals surface area contributed by atoms with E-state index in [-0.39, 0.29) is 0 Å². The lowest BCUT2D eigenvalue weighted by molar-refractivity contribution is 0.221. The molecule has 3 N–H and O–H groups in total. The van der Waals surface area contributed by atoms with Gasteiger partial charge in [0, 0.05) is 23.2 Å². The van der Waals surface area contributed by atoms with Crippen LogP contribution in [-0.4, -0.2) is 28.2 Å². The molecule has 0 spiro atoms. The van der Waals surface area contributed by atoms with Gasteiger partial charge in [-0.15, -0.1) is 6.42 Å². The number of nitrogens with zero attached hydrogens (tertiary/aromatic N) is 2. The van der Waals surface area contributed by atoms with Crippen LogP contribution in [0.5, 0.6) is 0 Å². The van der Waals surface area contributed by atoms with Crippen molar-refractivity contribution in [1.82, 2.24) is 15.1 Å². The first-order valence-electron chi connectivity index (χ1n) is 8.71. The van der Waals surface area contributed by atoms with E-state index >= 15 is 0 Å². The van der Waals surface area contributed by atoms with Gasteiger partial charge >= 0.3 is 0 Å². The van der Waals surface area contributed by atoms with Gasteiger partial charge in [-0.1, -0.05) is 24.5 Å². The molecule has 25 heavy (non-hydrogen) atoms. The molecule has 0 radical (unpaired) electrons. The highest BCUT2D eigenvalue weighted by Crippen LogP contribution is 2.14. The molecule has 0 atom stereocenters. The zero-order chi connectivity index (χ0) is 17.5. The summed E-state index contributed by atoms with van der Waals surface area (Å²) in [6, 6.07) is 14.0. The fourth-order valence-electron chi connectivity index (χ4n) is 3.04. The second-order valence-corrected chi connectivity index (χ2v) is 6.39. The number of hydrogen-bond acceptors (Lipinski definition) is 3. The monoisotopic (exact) mass is 332 g/mol. The van der Waals surface area contributed by atoms with Crippen LogP contribution in [0, 0.1) is 12.3 Å². The summed E-state index contributed by atoms with van der Waals surface area (Å²) in [6.07, 6.45) is 11.2. The zero-order valence-electron chi connectivity index (χ0n) is 14.4. The van der Waals surface area contributed by atoms with Gasteiger partial charge in [-0.05, 0) is 61.8 Å². The molecule has 4 nitrogen and oxygen atoms in total. The Kier molecular flexibility index (Phi) is 5.71. The number of aromatic amines is 1. The van der Waals surface area contributed by atoms with E-state index in [0.29, 0.717) is 0 Å². The van der Waals surface area contributed by atoms with Crippen LogP contribution in [0.4, 0.5) is 5.69 Å². The highest BCUT2D eigenvalue weighted by molar-refractivity contribution is 5.81. The largest absolute Gasteiger partial charge is 0.399 e. The van der Waals surface area contributed by atoms with Gasteiger partial charge in [0.25, 0.3) is 0 Å². The number of fused-ring (bicyclic) bond motifs is 1. The van der Waals surface area contributed by atoms with Crippen LogP contribution in [0.2, 0.25) is 0 Å². The molecule has 0 amide bonds. The van der Waals surface area contributed by atoms with Gasteiger partial charge in [0.05, 0.1) is 11.7 Å². The highest BCUT2D eigenvalue weighted by atomic mass is 15.1. The number of rotatable bonds is 2. The van der Waals surface area contributed by atoms with Gasteiger partial charge in [0.1, 0.15) is 0 Å². The number of hydrogen-bond donors (Lipinski definition) is 2. The Bertz CT molecular complexity index is 836. The molecule has 0 bridgehead atoms. The van der Waals surface area contributed by atoms with E-state index in [4.69, 9.17) is 12.2 Å². The predicted octanol–water partition coefficient (Wildman–Crippen LogP) is 3.80. The van der Waals surface area contributed by atoms with Crippen molar-refractivity contribution in [3.8, 4) is 12.3 Å². The maximum Gasteiger partial charge on any atom is 0.0651 e. The lowest BCUT2D eigenvalue weighted by Gasteiger charge is -2.26. The number of nitrogen functional groups attached to an aromatic ring is 1. The highest BCUT2D eigenvalue weighted by Gasteiger charge is 2.09. The average Bonchev–Trinajstić information content (AvgIpc) is 3.11. The lowest BCUT2D eigenvalue weighted by Crippen LogP contribution is -2.29. The van der Waals surface area contributed by atoms with Crippen LogP contribution in [0.1, 0.15) is 30.4 Å². The third-order valence-electron chi connectivity index (χ3n) is 4.44. The van der Waals surface area contributed by atoms with Crippen molar-refractivity contribution in [2.24, 2.45) is 0 Å². The number of anilines is 1. The Morgan fingerprint density at radius 2 is 1.84 bits per heavy atom. The SMILES string of the molecule is C#Cc1ccc(CN2CCCCC2)cc1.Nc1ccc2[nH]ncc2c1. The van der Waals surface area contributed by atoms with Gasteiger partial charge in [0.15, 0.2) is 0 Å². The molecule has 0 unspecified atom stereocenters. The fourth-order valence-corrected chi connectivity index (χ4v) is 3.04. The van der Waals surface area contributed by atoms with Gasteiger partial charge in [0.2, 0.25) is 0 Å². The summed E-state index contributed by atoms with van der Waals surface area (Å²) < 4.78 is 0. The molecule has 2 heterocycles. The topological polar surface area (TPSA) is 57.9 Å². The van der Waals surface area contributed by atoms with E-state index in [1.807, 2.05) is 30.3 Å². The number of likely N-dealkylation sites (tertiary alicyclic amines) is 1. The molecule has 4 heteroatoms. The van der Waals surface area contributed by atoms with E-state index < -0.39 is 0 Å². The maximum absolute atomic E-state index is 5.54. The van der Waals surface area contributed by atoms with E-state index in [1.54, 1.807) is 6.20 Å². The molecular formula is C21H24N4. The third-order valence-corrected chi connectivity index (χ3v) is 4.44. The maximum atomic E-state index is 5.54. The molecule has 1 aliphatic heterocycles. The summed E-state index contributed by atoms with van der Waals surface area (Å²) >= 11 is 0. The number of benzene rings is 2. The van der Waals surface area contributed by atoms with Crippen molar-refractivity contribution in [3.63, 3.8) is 0 Å². The van der Waals surface area contributed by atoms with Crippen molar-refractivity contribution < 1.29 is 0 Å². The molecular weight excluding hydrogens is 308 g/mol. The Morgan fingerprint density at radius 1 is 1.08 bits per heavy atom. The van der Waals surface area contributed by atoms with E-state index in [9.17, 15) is 0 Å². The van der Waals surface area contributed by atoms with Crippen LogP contribution in [0.3, 0.4) is 0 Å². The summed E-state index contributed by atoms with van der Waals surface area (Å²) in [5.74, 6) is 2.64. The molecule has 0 aliphatic carbocycles. The molecule has 3 aromatic rings. The minimum atomic E-state index is 0.772. The smallest absolute Gasteiger partial charge is 0.0651 e. The summed E-state index contributed by atoms with van der Waals surface area (Å²) in [4.78, 5) is 2.52. The molecule has 2 aromatic carbocycles. The van der Waals surface area contributed by atoms with Crippen molar-refractivity contribution >= 4 is 16.6 Å². The van der Waals surface area contributed by atoms with Crippen LogP contribution in [0.25, 0.3) is 10.9 Å². The van der Waals surface area contributed by atoms with E-state index in [0.717, 1.165) is 28.7 Å².